The Morgan fingerprint density at radius 3 is 2.38 bits per heavy atom. The van der Waals surface area contributed by atoms with Gasteiger partial charge in [-0.1, -0.05) is 37.3 Å². The van der Waals surface area contributed by atoms with Crippen molar-refractivity contribution in [2.24, 2.45) is 5.92 Å². The number of hydrogen-bond acceptors (Lipinski definition) is 7. The molecule has 0 saturated carbocycles. The number of nitrogens with zero attached hydrogens (tertiary/aromatic N) is 5. The molecule has 3 aromatic carbocycles. The summed E-state index contributed by atoms with van der Waals surface area (Å²) in [6.07, 6.45) is 3.30. The largest absolute Gasteiger partial charge is 0.378 e. The number of anilines is 2. The summed E-state index contributed by atoms with van der Waals surface area (Å²) < 4.78 is 28.9. The van der Waals surface area contributed by atoms with Crippen LogP contribution in [0.3, 0.4) is 0 Å². The van der Waals surface area contributed by atoms with Gasteiger partial charge in [-0.25, -0.2) is 18.4 Å². The number of sulfonamides is 1. The highest BCUT2D eigenvalue weighted by atomic mass is 32.2. The molecule has 0 radical (unpaired) electrons. The third-order valence-corrected chi connectivity index (χ3v) is 11.7. The highest BCUT2D eigenvalue weighted by Gasteiger charge is 2.32. The van der Waals surface area contributed by atoms with Crippen LogP contribution in [0.1, 0.15) is 23.8 Å². The van der Waals surface area contributed by atoms with E-state index in [-0.39, 0.29) is 0 Å². The molecule has 1 unspecified atom stereocenters. The highest BCUT2D eigenvalue weighted by Crippen LogP contribution is 2.42. The quantitative estimate of drug-likeness (QED) is 0.240. The summed E-state index contributed by atoms with van der Waals surface area (Å²) in [5.41, 5.74) is 3.51. The molecule has 0 N–H and O–H groups in total. The lowest BCUT2D eigenvalue weighted by Crippen LogP contribution is -2.49. The number of benzene rings is 3. The second-order valence-corrected chi connectivity index (χ2v) is 14.8. The minimum absolute atomic E-state index is 0.351. The van der Waals surface area contributed by atoms with Gasteiger partial charge in [-0.3, -0.25) is 0 Å². The van der Waals surface area contributed by atoms with Crippen molar-refractivity contribution in [1.29, 1.82) is 0 Å². The maximum atomic E-state index is 13.7. The fourth-order valence-corrected chi connectivity index (χ4v) is 9.04. The standard InChI is InChI=1S/C33H35N5O2S2/c1-22-8-15-28-29(20-22)41-33-30(28)32(34-31(35-33)24-9-12-26(13-10-24)36(2)3)37-16-18-38(19-17-37)42(39,40)27-14-11-23-6-4-5-7-25(23)21-27/h4-7,9-14,21-22H,8,15-20H2,1-3H3. The molecule has 7 nitrogen and oxygen atoms in total. The maximum absolute atomic E-state index is 13.7. The molecule has 0 amide bonds. The zero-order valence-electron chi connectivity index (χ0n) is 24.2. The molecule has 1 aliphatic heterocycles. The summed E-state index contributed by atoms with van der Waals surface area (Å²) in [5.74, 6) is 2.34. The minimum Gasteiger partial charge on any atom is -0.378 e. The maximum Gasteiger partial charge on any atom is 0.243 e. The van der Waals surface area contributed by atoms with Gasteiger partial charge >= 0.3 is 0 Å². The lowest BCUT2D eigenvalue weighted by molar-refractivity contribution is 0.384. The lowest BCUT2D eigenvalue weighted by Gasteiger charge is -2.35. The third kappa shape index (κ3) is 4.83. The number of piperazine rings is 1. The Morgan fingerprint density at radius 1 is 0.905 bits per heavy atom. The van der Waals surface area contributed by atoms with Crippen molar-refractivity contribution in [2.75, 3.05) is 50.1 Å². The number of aromatic nitrogens is 2. The van der Waals surface area contributed by atoms with Gasteiger partial charge in [-0.2, -0.15) is 4.31 Å². The van der Waals surface area contributed by atoms with E-state index in [1.165, 1.54) is 22.2 Å². The second-order valence-electron chi connectivity index (χ2n) is 11.7. The van der Waals surface area contributed by atoms with Crippen LogP contribution in [0.15, 0.2) is 71.6 Å². The Labute approximate surface area is 251 Å². The number of rotatable bonds is 5. The molecule has 2 aromatic heterocycles. The van der Waals surface area contributed by atoms with Gasteiger partial charge in [0.15, 0.2) is 5.82 Å². The molecule has 0 spiro atoms. The fourth-order valence-electron chi connectivity index (χ4n) is 6.21. The first-order valence-corrected chi connectivity index (χ1v) is 16.9. The summed E-state index contributed by atoms with van der Waals surface area (Å²) in [5, 5.41) is 3.14. The van der Waals surface area contributed by atoms with Crippen LogP contribution in [0.25, 0.3) is 32.4 Å². The molecule has 0 bridgehead atoms. The topological polar surface area (TPSA) is 69.6 Å². The molecule has 3 heterocycles. The van der Waals surface area contributed by atoms with E-state index in [0.717, 1.165) is 51.3 Å². The molecule has 1 atom stereocenters. The van der Waals surface area contributed by atoms with Gasteiger partial charge in [0.2, 0.25) is 10.0 Å². The third-order valence-electron chi connectivity index (χ3n) is 8.67. The van der Waals surface area contributed by atoms with E-state index in [2.05, 4.69) is 41.0 Å². The Hall–Kier alpha value is -3.53. The van der Waals surface area contributed by atoms with Crippen molar-refractivity contribution < 1.29 is 8.42 Å². The lowest BCUT2D eigenvalue weighted by atomic mass is 9.89. The van der Waals surface area contributed by atoms with Crippen molar-refractivity contribution >= 4 is 53.9 Å². The van der Waals surface area contributed by atoms with Gasteiger partial charge in [0, 0.05) is 56.4 Å². The van der Waals surface area contributed by atoms with Crippen molar-refractivity contribution in [1.82, 2.24) is 14.3 Å². The Morgan fingerprint density at radius 2 is 1.64 bits per heavy atom. The number of fused-ring (bicyclic) bond motifs is 4. The monoisotopic (exact) mass is 597 g/mol. The minimum atomic E-state index is -3.60. The number of thiophene rings is 1. The molecule has 1 aliphatic carbocycles. The van der Waals surface area contributed by atoms with Gasteiger partial charge in [0.25, 0.3) is 0 Å². The zero-order valence-corrected chi connectivity index (χ0v) is 25.9. The van der Waals surface area contributed by atoms with Crippen LogP contribution in [0.2, 0.25) is 0 Å². The van der Waals surface area contributed by atoms with E-state index >= 15 is 0 Å². The summed E-state index contributed by atoms with van der Waals surface area (Å²) in [6, 6.07) is 21.6. The van der Waals surface area contributed by atoms with E-state index in [4.69, 9.17) is 9.97 Å². The first kappa shape index (κ1) is 27.3. The van der Waals surface area contributed by atoms with E-state index in [0.29, 0.717) is 37.0 Å². The van der Waals surface area contributed by atoms with Crippen LogP contribution in [0.4, 0.5) is 11.5 Å². The van der Waals surface area contributed by atoms with Crippen LogP contribution < -0.4 is 9.80 Å². The molecule has 1 saturated heterocycles. The Bertz CT molecular complexity index is 1890. The summed E-state index contributed by atoms with van der Waals surface area (Å²) >= 11 is 1.81. The van der Waals surface area contributed by atoms with Gasteiger partial charge in [-0.05, 0) is 77.9 Å². The van der Waals surface area contributed by atoms with Gasteiger partial charge in [0.1, 0.15) is 10.6 Å². The molecule has 216 valence electrons. The summed E-state index contributed by atoms with van der Waals surface area (Å²) in [6.45, 7) is 4.32. The van der Waals surface area contributed by atoms with Crippen molar-refractivity contribution in [3.05, 3.63) is 77.2 Å². The van der Waals surface area contributed by atoms with Gasteiger partial charge < -0.3 is 9.80 Å². The Kier molecular flexibility index (Phi) is 6.91. The predicted molar refractivity (Wildman–Crippen MR) is 173 cm³/mol. The Balaban J connectivity index is 1.22. The molecule has 1 fully saturated rings. The van der Waals surface area contributed by atoms with Crippen LogP contribution in [0.5, 0.6) is 0 Å². The SMILES string of the molecule is CC1CCc2c(sc3nc(-c4ccc(N(C)C)cc4)nc(N4CCN(S(=O)(=O)c5ccc6ccccc6c5)CC4)c23)C1. The van der Waals surface area contributed by atoms with Gasteiger partial charge in [0.05, 0.1) is 10.3 Å². The molecule has 42 heavy (non-hydrogen) atoms. The first-order valence-electron chi connectivity index (χ1n) is 14.6. The number of aryl methyl sites for hydroxylation is 1. The molecule has 5 aromatic rings. The number of hydrogen-bond donors (Lipinski definition) is 0. The average Bonchev–Trinajstić information content (AvgIpc) is 3.38. The van der Waals surface area contributed by atoms with E-state index in [9.17, 15) is 8.42 Å². The molecular formula is C33H35N5O2S2. The van der Waals surface area contributed by atoms with E-state index in [1.807, 2.05) is 55.8 Å². The van der Waals surface area contributed by atoms with Crippen LogP contribution in [-0.2, 0) is 22.9 Å². The molecule has 2 aliphatic rings. The highest BCUT2D eigenvalue weighted by molar-refractivity contribution is 7.89. The van der Waals surface area contributed by atoms with Crippen molar-refractivity contribution in [3.63, 3.8) is 0 Å². The van der Waals surface area contributed by atoms with E-state index in [1.54, 1.807) is 16.4 Å². The summed E-state index contributed by atoms with van der Waals surface area (Å²) in [4.78, 5) is 17.4. The predicted octanol–water partition coefficient (Wildman–Crippen LogP) is 6.21. The normalized spacial score (nSPS) is 18.0. The molecule has 7 rings (SSSR count). The summed E-state index contributed by atoms with van der Waals surface area (Å²) in [7, 11) is 0.467. The molecule has 9 heteroatoms. The smallest absolute Gasteiger partial charge is 0.243 e. The average molecular weight is 598 g/mol. The fraction of sp³-hybridized carbons (Fsp3) is 0.333. The van der Waals surface area contributed by atoms with Crippen LogP contribution >= 0.6 is 11.3 Å². The second kappa shape index (κ2) is 10.6. The zero-order chi connectivity index (χ0) is 29.0. The van der Waals surface area contributed by atoms with Crippen LogP contribution in [-0.4, -0.2) is 63.0 Å². The molecular weight excluding hydrogens is 563 g/mol. The van der Waals surface area contributed by atoms with Crippen molar-refractivity contribution in [3.8, 4) is 11.4 Å². The van der Waals surface area contributed by atoms with Crippen molar-refractivity contribution in [2.45, 2.75) is 31.1 Å². The van der Waals surface area contributed by atoms with Gasteiger partial charge in [-0.15, -0.1) is 11.3 Å². The van der Waals surface area contributed by atoms with E-state index < -0.39 is 10.0 Å². The first-order chi connectivity index (χ1) is 20.3. The van der Waals surface area contributed by atoms with Crippen LogP contribution in [0, 0.1) is 5.92 Å².